The maximum Gasteiger partial charge on any atom is 0.237 e. The number of hydrogen-bond acceptors (Lipinski definition) is 4. The standard InChI is InChI=1S/C17H25N3O4S/c1-3-15-13-19(17(22)11-18-25(2,23)24)10-9-16(21)20(15)12-14-7-5-4-6-8-14/h4-8,15,18H,3,9-13H2,1-2H3/t15-/m0/s1. The van der Waals surface area contributed by atoms with Crippen LogP contribution in [-0.2, 0) is 26.2 Å². The van der Waals surface area contributed by atoms with Crippen molar-refractivity contribution in [2.45, 2.75) is 32.4 Å². The van der Waals surface area contributed by atoms with Gasteiger partial charge in [-0.25, -0.2) is 13.1 Å². The Balaban J connectivity index is 2.08. The van der Waals surface area contributed by atoms with Gasteiger partial charge in [0.1, 0.15) is 0 Å². The van der Waals surface area contributed by atoms with Gasteiger partial charge in [-0.1, -0.05) is 37.3 Å². The number of sulfonamides is 1. The monoisotopic (exact) mass is 367 g/mol. The van der Waals surface area contributed by atoms with Crippen molar-refractivity contribution in [3.63, 3.8) is 0 Å². The second kappa shape index (κ2) is 8.44. The molecule has 2 amide bonds. The highest BCUT2D eigenvalue weighted by Crippen LogP contribution is 2.17. The van der Waals surface area contributed by atoms with Crippen LogP contribution in [0.15, 0.2) is 30.3 Å². The minimum atomic E-state index is -3.42. The van der Waals surface area contributed by atoms with E-state index in [9.17, 15) is 18.0 Å². The second-order valence-corrected chi connectivity index (χ2v) is 8.09. The maximum absolute atomic E-state index is 12.5. The predicted octanol–water partition coefficient (Wildman–Crippen LogP) is 0.575. The van der Waals surface area contributed by atoms with E-state index in [1.165, 1.54) is 0 Å². The average molecular weight is 367 g/mol. The van der Waals surface area contributed by atoms with E-state index in [1.807, 2.05) is 42.2 Å². The van der Waals surface area contributed by atoms with E-state index < -0.39 is 10.0 Å². The van der Waals surface area contributed by atoms with Gasteiger partial charge >= 0.3 is 0 Å². The summed E-state index contributed by atoms with van der Waals surface area (Å²) in [6.07, 6.45) is 1.98. The van der Waals surface area contributed by atoms with Crippen LogP contribution in [0.3, 0.4) is 0 Å². The smallest absolute Gasteiger partial charge is 0.237 e. The lowest BCUT2D eigenvalue weighted by Gasteiger charge is -2.31. The lowest BCUT2D eigenvalue weighted by atomic mass is 10.1. The van der Waals surface area contributed by atoms with Gasteiger partial charge in [0.25, 0.3) is 0 Å². The van der Waals surface area contributed by atoms with E-state index in [4.69, 9.17) is 0 Å². The van der Waals surface area contributed by atoms with Crippen molar-refractivity contribution >= 4 is 21.8 Å². The first-order chi connectivity index (χ1) is 11.8. The minimum absolute atomic E-state index is 0.0158. The van der Waals surface area contributed by atoms with Crippen LogP contribution in [0, 0.1) is 0 Å². The van der Waals surface area contributed by atoms with Crippen molar-refractivity contribution in [1.82, 2.24) is 14.5 Å². The van der Waals surface area contributed by atoms with Crippen LogP contribution in [0.25, 0.3) is 0 Å². The molecule has 8 heteroatoms. The van der Waals surface area contributed by atoms with Gasteiger partial charge in [0, 0.05) is 32.1 Å². The summed E-state index contributed by atoms with van der Waals surface area (Å²) in [5.41, 5.74) is 1.05. The van der Waals surface area contributed by atoms with E-state index in [0.717, 1.165) is 18.2 Å². The molecule has 25 heavy (non-hydrogen) atoms. The molecule has 0 unspecified atom stereocenters. The first-order valence-corrected chi connectivity index (χ1v) is 10.2. The maximum atomic E-state index is 12.5. The lowest BCUT2D eigenvalue weighted by Crippen LogP contribution is -2.46. The van der Waals surface area contributed by atoms with Crippen molar-refractivity contribution in [2.24, 2.45) is 0 Å². The number of amides is 2. The van der Waals surface area contributed by atoms with Crippen molar-refractivity contribution in [3.8, 4) is 0 Å². The van der Waals surface area contributed by atoms with E-state index in [2.05, 4.69) is 4.72 Å². The molecule has 0 aliphatic carbocycles. The highest BCUT2D eigenvalue weighted by Gasteiger charge is 2.30. The SMILES string of the molecule is CC[C@H]1CN(C(=O)CNS(C)(=O)=O)CCC(=O)N1Cc1ccccc1. The van der Waals surface area contributed by atoms with Crippen LogP contribution < -0.4 is 4.72 Å². The van der Waals surface area contributed by atoms with Crippen LogP contribution in [0.5, 0.6) is 0 Å². The average Bonchev–Trinajstić information content (AvgIpc) is 2.73. The molecule has 0 saturated carbocycles. The third kappa shape index (κ3) is 5.82. The molecule has 1 saturated heterocycles. The fraction of sp³-hybridized carbons (Fsp3) is 0.529. The molecule has 1 aromatic carbocycles. The Bertz CT molecular complexity index is 706. The number of carbonyl (C=O) groups is 2. The van der Waals surface area contributed by atoms with E-state index in [0.29, 0.717) is 19.6 Å². The summed E-state index contributed by atoms with van der Waals surface area (Å²) in [5, 5.41) is 0. The van der Waals surface area contributed by atoms with Gasteiger partial charge in [-0.3, -0.25) is 9.59 Å². The fourth-order valence-corrected chi connectivity index (χ4v) is 3.29. The van der Waals surface area contributed by atoms with Crippen LogP contribution >= 0.6 is 0 Å². The van der Waals surface area contributed by atoms with Gasteiger partial charge in [0.05, 0.1) is 12.8 Å². The number of rotatable bonds is 6. The summed E-state index contributed by atoms with van der Waals surface area (Å²) in [6.45, 7) is 2.95. The lowest BCUT2D eigenvalue weighted by molar-refractivity contribution is -0.133. The molecule has 7 nitrogen and oxygen atoms in total. The van der Waals surface area contributed by atoms with Crippen molar-refractivity contribution in [1.29, 1.82) is 0 Å². The predicted molar refractivity (Wildman–Crippen MR) is 95.1 cm³/mol. The van der Waals surface area contributed by atoms with Gasteiger partial charge in [-0.2, -0.15) is 0 Å². The third-order valence-corrected chi connectivity index (χ3v) is 4.96. The Kier molecular flexibility index (Phi) is 6.55. The molecule has 0 aromatic heterocycles. The molecule has 138 valence electrons. The molecule has 0 radical (unpaired) electrons. The summed E-state index contributed by atoms with van der Waals surface area (Å²) in [6, 6.07) is 9.67. The van der Waals surface area contributed by atoms with E-state index >= 15 is 0 Å². The molecule has 1 heterocycles. The number of hydrogen-bond donors (Lipinski definition) is 1. The minimum Gasteiger partial charge on any atom is -0.339 e. The molecular weight excluding hydrogens is 342 g/mol. The van der Waals surface area contributed by atoms with Crippen LogP contribution in [0.1, 0.15) is 25.3 Å². The second-order valence-electron chi connectivity index (χ2n) is 6.25. The zero-order valence-corrected chi connectivity index (χ0v) is 15.5. The first kappa shape index (κ1) is 19.4. The van der Waals surface area contributed by atoms with Crippen LogP contribution in [0.2, 0.25) is 0 Å². The Hall–Kier alpha value is -1.93. The summed E-state index contributed by atoms with van der Waals surface area (Å²) in [4.78, 5) is 28.3. The Labute approximate surface area is 149 Å². The molecule has 1 atom stereocenters. The molecule has 1 N–H and O–H groups in total. The van der Waals surface area contributed by atoms with Crippen molar-refractivity contribution < 1.29 is 18.0 Å². The fourth-order valence-electron chi connectivity index (χ4n) is 2.90. The highest BCUT2D eigenvalue weighted by molar-refractivity contribution is 7.88. The van der Waals surface area contributed by atoms with Crippen molar-refractivity contribution in [3.05, 3.63) is 35.9 Å². The van der Waals surface area contributed by atoms with Crippen molar-refractivity contribution in [2.75, 3.05) is 25.9 Å². The number of nitrogens with one attached hydrogen (secondary N) is 1. The largest absolute Gasteiger partial charge is 0.339 e. The Morgan fingerprint density at radius 2 is 1.96 bits per heavy atom. The van der Waals surface area contributed by atoms with E-state index in [-0.39, 0.29) is 30.8 Å². The zero-order valence-electron chi connectivity index (χ0n) is 14.6. The first-order valence-electron chi connectivity index (χ1n) is 8.36. The zero-order chi connectivity index (χ0) is 18.4. The van der Waals surface area contributed by atoms with Gasteiger partial charge in [-0.05, 0) is 12.0 Å². The number of nitrogens with zero attached hydrogens (tertiary/aromatic N) is 2. The van der Waals surface area contributed by atoms with Crippen LogP contribution in [-0.4, -0.2) is 62.0 Å². The highest BCUT2D eigenvalue weighted by atomic mass is 32.2. The normalized spacial score (nSPS) is 19.0. The Morgan fingerprint density at radius 1 is 1.28 bits per heavy atom. The van der Waals surface area contributed by atoms with Gasteiger partial charge < -0.3 is 9.80 Å². The van der Waals surface area contributed by atoms with Gasteiger partial charge in [0.15, 0.2) is 0 Å². The molecule has 1 aliphatic heterocycles. The summed E-state index contributed by atoms with van der Waals surface area (Å²) in [7, 11) is -3.42. The van der Waals surface area contributed by atoms with E-state index in [1.54, 1.807) is 4.90 Å². The van der Waals surface area contributed by atoms with Gasteiger partial charge in [0.2, 0.25) is 21.8 Å². The molecule has 1 fully saturated rings. The molecule has 2 rings (SSSR count). The van der Waals surface area contributed by atoms with Gasteiger partial charge in [-0.15, -0.1) is 0 Å². The van der Waals surface area contributed by atoms with Crippen LogP contribution in [0.4, 0.5) is 0 Å². The molecule has 0 bridgehead atoms. The molecule has 1 aromatic rings. The molecule has 0 spiro atoms. The molecule has 1 aliphatic rings. The number of benzene rings is 1. The topological polar surface area (TPSA) is 86.8 Å². The Morgan fingerprint density at radius 3 is 2.56 bits per heavy atom. The summed E-state index contributed by atoms with van der Waals surface area (Å²) >= 11 is 0. The summed E-state index contributed by atoms with van der Waals surface area (Å²) < 4.78 is 24.6. The number of carbonyl (C=O) groups excluding carboxylic acids is 2. The quantitative estimate of drug-likeness (QED) is 0.797. The third-order valence-electron chi connectivity index (χ3n) is 4.29. The summed E-state index contributed by atoms with van der Waals surface area (Å²) in [5.74, 6) is -0.291. The molecular formula is C17H25N3O4S.